The minimum Gasteiger partial charge on any atom is -0.497 e. The minimum absolute atomic E-state index is 0.0570. The molecule has 2 aromatic carbocycles. The van der Waals surface area contributed by atoms with Crippen LogP contribution in [0.4, 0.5) is 8.78 Å². The molecule has 0 amide bonds. The molecule has 1 aliphatic rings. The van der Waals surface area contributed by atoms with E-state index in [-0.39, 0.29) is 23.7 Å². The highest BCUT2D eigenvalue weighted by molar-refractivity contribution is 5.30. The van der Waals surface area contributed by atoms with Gasteiger partial charge in [-0.05, 0) is 61.7 Å². The SMILES string of the molecule is COc1ccc(F)c(CN2CCC[C@](CO)(Cc3ccc(F)cc3)C2)c1. The van der Waals surface area contributed by atoms with E-state index in [0.29, 0.717) is 30.8 Å². The summed E-state index contributed by atoms with van der Waals surface area (Å²) in [4.78, 5) is 2.18. The minimum atomic E-state index is -0.286. The third-order valence-corrected chi connectivity index (χ3v) is 5.22. The molecule has 1 aliphatic heterocycles. The van der Waals surface area contributed by atoms with Crippen LogP contribution in [0.5, 0.6) is 5.75 Å². The van der Waals surface area contributed by atoms with E-state index in [4.69, 9.17) is 4.74 Å². The third kappa shape index (κ3) is 4.40. The summed E-state index contributed by atoms with van der Waals surface area (Å²) in [5.41, 5.74) is 1.32. The van der Waals surface area contributed by atoms with Crippen LogP contribution >= 0.6 is 0 Å². The summed E-state index contributed by atoms with van der Waals surface area (Å²) in [6.07, 6.45) is 2.52. The molecule has 3 rings (SSSR count). The maximum absolute atomic E-state index is 14.2. The van der Waals surface area contributed by atoms with E-state index < -0.39 is 0 Å². The van der Waals surface area contributed by atoms with E-state index in [9.17, 15) is 13.9 Å². The second-order valence-electron chi connectivity index (χ2n) is 7.23. The Bertz CT molecular complexity index is 735. The average Bonchev–Trinajstić information content (AvgIpc) is 2.66. The zero-order valence-corrected chi connectivity index (χ0v) is 15.0. The zero-order valence-electron chi connectivity index (χ0n) is 15.0. The Kier molecular flexibility index (Phi) is 5.89. The van der Waals surface area contributed by atoms with Gasteiger partial charge in [-0.2, -0.15) is 0 Å². The molecule has 1 saturated heterocycles. The highest BCUT2D eigenvalue weighted by Crippen LogP contribution is 2.34. The molecule has 0 bridgehead atoms. The van der Waals surface area contributed by atoms with Crippen molar-refractivity contribution in [3.8, 4) is 5.75 Å². The van der Waals surface area contributed by atoms with Crippen molar-refractivity contribution in [2.24, 2.45) is 5.41 Å². The number of rotatable bonds is 6. The first kappa shape index (κ1) is 18.8. The molecule has 1 N–H and O–H groups in total. The first-order chi connectivity index (χ1) is 12.5. The number of hydrogen-bond acceptors (Lipinski definition) is 3. The maximum Gasteiger partial charge on any atom is 0.127 e. The van der Waals surface area contributed by atoms with E-state index >= 15 is 0 Å². The van der Waals surface area contributed by atoms with E-state index in [1.807, 2.05) is 0 Å². The van der Waals surface area contributed by atoms with Gasteiger partial charge in [-0.15, -0.1) is 0 Å². The van der Waals surface area contributed by atoms with Gasteiger partial charge in [0.15, 0.2) is 0 Å². The number of aliphatic hydroxyl groups excluding tert-OH is 1. The fourth-order valence-electron chi connectivity index (χ4n) is 3.85. The van der Waals surface area contributed by atoms with Crippen LogP contribution in [0.15, 0.2) is 42.5 Å². The molecule has 5 heteroatoms. The first-order valence-electron chi connectivity index (χ1n) is 8.94. The van der Waals surface area contributed by atoms with Crippen molar-refractivity contribution >= 4 is 0 Å². The molecule has 0 aromatic heterocycles. The Morgan fingerprint density at radius 2 is 1.92 bits per heavy atom. The second kappa shape index (κ2) is 8.14. The monoisotopic (exact) mass is 361 g/mol. The summed E-state index contributed by atoms with van der Waals surface area (Å²) in [6.45, 7) is 2.08. The summed E-state index contributed by atoms with van der Waals surface area (Å²) in [6, 6.07) is 11.2. The summed E-state index contributed by atoms with van der Waals surface area (Å²) in [5, 5.41) is 10.1. The molecule has 1 atom stereocenters. The van der Waals surface area contributed by atoms with Crippen LogP contribution in [0.3, 0.4) is 0 Å². The van der Waals surface area contributed by atoms with Gasteiger partial charge in [-0.3, -0.25) is 4.90 Å². The molecule has 3 nitrogen and oxygen atoms in total. The quantitative estimate of drug-likeness (QED) is 0.850. The molecule has 0 spiro atoms. The fraction of sp³-hybridized carbons (Fsp3) is 0.429. The summed E-state index contributed by atoms with van der Waals surface area (Å²) in [7, 11) is 1.57. The van der Waals surface area contributed by atoms with Crippen molar-refractivity contribution in [3.63, 3.8) is 0 Å². The standard InChI is InChI=1S/C21H25F2NO2/c1-26-19-7-8-20(23)17(11-19)13-24-10-2-9-21(14-24,15-25)12-16-3-5-18(22)6-4-16/h3-8,11,25H,2,9-10,12-15H2,1H3/t21-/m0/s1. The Labute approximate surface area is 153 Å². The van der Waals surface area contributed by atoms with Crippen LogP contribution in [0.1, 0.15) is 24.0 Å². The van der Waals surface area contributed by atoms with Crippen molar-refractivity contribution in [3.05, 3.63) is 65.2 Å². The van der Waals surface area contributed by atoms with Crippen molar-refractivity contribution < 1.29 is 18.6 Å². The van der Waals surface area contributed by atoms with Crippen molar-refractivity contribution in [1.29, 1.82) is 0 Å². The number of aliphatic hydroxyl groups is 1. The molecule has 0 radical (unpaired) electrons. The largest absolute Gasteiger partial charge is 0.497 e. The second-order valence-corrected chi connectivity index (χ2v) is 7.23. The summed E-state index contributed by atoms with van der Waals surface area (Å²) >= 11 is 0. The van der Waals surface area contributed by atoms with Crippen LogP contribution in [0, 0.1) is 17.0 Å². The molecule has 0 unspecified atom stereocenters. The number of halogens is 2. The van der Waals surface area contributed by atoms with Gasteiger partial charge in [0, 0.05) is 24.1 Å². The highest BCUT2D eigenvalue weighted by atomic mass is 19.1. The first-order valence-corrected chi connectivity index (χ1v) is 8.94. The predicted molar refractivity (Wildman–Crippen MR) is 97.1 cm³/mol. The lowest BCUT2D eigenvalue weighted by Crippen LogP contribution is -2.46. The fourth-order valence-corrected chi connectivity index (χ4v) is 3.85. The molecule has 26 heavy (non-hydrogen) atoms. The van der Waals surface area contributed by atoms with Gasteiger partial charge in [0.2, 0.25) is 0 Å². The van der Waals surface area contributed by atoms with Gasteiger partial charge in [-0.1, -0.05) is 12.1 Å². The summed E-state index contributed by atoms with van der Waals surface area (Å²) < 4.78 is 32.5. The number of methoxy groups -OCH3 is 1. The number of ether oxygens (including phenoxy) is 1. The number of piperidine rings is 1. The lowest BCUT2D eigenvalue weighted by atomic mass is 9.75. The predicted octanol–water partition coefficient (Wildman–Crippen LogP) is 3.79. The van der Waals surface area contributed by atoms with Crippen molar-refractivity contribution in [1.82, 2.24) is 4.90 Å². The number of likely N-dealkylation sites (tertiary alicyclic amines) is 1. The molecule has 1 fully saturated rings. The zero-order chi connectivity index (χ0) is 18.6. The van der Waals surface area contributed by atoms with Gasteiger partial charge in [-0.25, -0.2) is 8.78 Å². The van der Waals surface area contributed by atoms with E-state index in [1.165, 1.54) is 18.2 Å². The van der Waals surface area contributed by atoms with Gasteiger partial charge in [0.25, 0.3) is 0 Å². The normalized spacial score (nSPS) is 20.9. The molecular formula is C21H25F2NO2. The molecule has 1 heterocycles. The summed E-state index contributed by atoms with van der Waals surface area (Å²) in [5.74, 6) is 0.133. The molecular weight excluding hydrogens is 336 g/mol. The number of hydrogen-bond donors (Lipinski definition) is 1. The van der Waals surface area contributed by atoms with Crippen molar-refractivity contribution in [2.75, 3.05) is 26.8 Å². The highest BCUT2D eigenvalue weighted by Gasteiger charge is 2.35. The van der Waals surface area contributed by atoms with Crippen LogP contribution < -0.4 is 4.74 Å². The van der Waals surface area contributed by atoms with Gasteiger partial charge in [0.1, 0.15) is 17.4 Å². The Morgan fingerprint density at radius 1 is 1.15 bits per heavy atom. The number of nitrogens with zero attached hydrogens (tertiary/aromatic N) is 1. The Morgan fingerprint density at radius 3 is 2.62 bits per heavy atom. The molecule has 0 saturated carbocycles. The third-order valence-electron chi connectivity index (χ3n) is 5.22. The van der Waals surface area contributed by atoms with Gasteiger partial charge < -0.3 is 9.84 Å². The van der Waals surface area contributed by atoms with Crippen LogP contribution in [-0.4, -0.2) is 36.8 Å². The smallest absolute Gasteiger partial charge is 0.127 e. The van der Waals surface area contributed by atoms with E-state index in [1.54, 1.807) is 31.4 Å². The van der Waals surface area contributed by atoms with Crippen LogP contribution in [0.25, 0.3) is 0 Å². The van der Waals surface area contributed by atoms with E-state index in [0.717, 1.165) is 24.9 Å². The van der Waals surface area contributed by atoms with Gasteiger partial charge in [0.05, 0.1) is 13.7 Å². The topological polar surface area (TPSA) is 32.7 Å². The maximum atomic E-state index is 14.2. The molecule has 0 aliphatic carbocycles. The lowest BCUT2D eigenvalue weighted by Gasteiger charge is -2.42. The van der Waals surface area contributed by atoms with Gasteiger partial charge >= 0.3 is 0 Å². The Balaban J connectivity index is 1.73. The van der Waals surface area contributed by atoms with Crippen LogP contribution in [0.2, 0.25) is 0 Å². The van der Waals surface area contributed by atoms with Crippen molar-refractivity contribution in [2.45, 2.75) is 25.8 Å². The van der Waals surface area contributed by atoms with E-state index in [2.05, 4.69) is 4.90 Å². The lowest BCUT2D eigenvalue weighted by molar-refractivity contribution is 0.0284. The number of benzene rings is 2. The molecule has 2 aromatic rings. The average molecular weight is 361 g/mol. The van der Waals surface area contributed by atoms with Crippen LogP contribution in [-0.2, 0) is 13.0 Å². The molecule has 140 valence electrons. The Hall–Kier alpha value is -1.98.